The van der Waals surface area contributed by atoms with E-state index in [1.165, 1.54) is 0 Å². The summed E-state index contributed by atoms with van der Waals surface area (Å²) in [4.78, 5) is 0. The molecule has 0 atom stereocenters. The Morgan fingerprint density at radius 1 is 1.64 bits per heavy atom. The Bertz CT molecular complexity index is 180. The van der Waals surface area contributed by atoms with Crippen molar-refractivity contribution in [1.82, 2.24) is 0 Å². The zero-order valence-electron chi connectivity index (χ0n) is 6.93. The van der Waals surface area contributed by atoms with E-state index in [4.69, 9.17) is 3.07 Å². The summed E-state index contributed by atoms with van der Waals surface area (Å²) in [5.41, 5.74) is 1.09. The summed E-state index contributed by atoms with van der Waals surface area (Å²) in [7, 11) is 0. The monoisotopic (exact) mass is 264 g/mol. The molecule has 0 spiro atoms. The van der Waals surface area contributed by atoms with Crippen LogP contribution in [-0.2, 0) is 3.07 Å². The zero-order valence-corrected chi connectivity index (χ0v) is 9.09. The van der Waals surface area contributed by atoms with E-state index in [0.29, 0.717) is 0 Å². The van der Waals surface area contributed by atoms with Gasteiger partial charge in [-0.25, -0.2) is 0 Å². The molecule has 0 fully saturated rings. The van der Waals surface area contributed by atoms with Gasteiger partial charge in [-0.2, -0.15) is 0 Å². The number of allylic oxidation sites excluding steroid dienone is 4. The molecule has 0 bridgehead atoms. The molecule has 0 radical (unpaired) electrons. The second-order valence-electron chi connectivity index (χ2n) is 2.19. The summed E-state index contributed by atoms with van der Waals surface area (Å²) >= 11 is 1.83. The van der Waals surface area contributed by atoms with Crippen LogP contribution >= 0.6 is 23.0 Å². The van der Waals surface area contributed by atoms with Crippen LogP contribution in [-0.4, -0.2) is 0 Å². The van der Waals surface area contributed by atoms with Gasteiger partial charge in [0, 0.05) is 0 Å². The van der Waals surface area contributed by atoms with Crippen LogP contribution in [0.15, 0.2) is 36.1 Å². The number of halogens is 1. The first kappa shape index (κ1) is 10.8. The molecule has 2 heteroatoms. The van der Waals surface area contributed by atoms with Crippen LogP contribution in [0.2, 0.25) is 0 Å². The molecule has 0 amide bonds. The highest BCUT2D eigenvalue weighted by molar-refractivity contribution is 14.1. The van der Waals surface area contributed by atoms with Crippen LogP contribution in [0.4, 0.5) is 0 Å². The quantitative estimate of drug-likeness (QED) is 0.325. The fraction of sp³-hybridized carbons (Fsp3) is 0.333. The summed E-state index contributed by atoms with van der Waals surface area (Å²) in [6, 6.07) is 0. The highest BCUT2D eigenvalue weighted by atomic mass is 127. The maximum absolute atomic E-state index is 4.93. The predicted octanol–water partition coefficient (Wildman–Crippen LogP) is 3.78. The molecule has 0 aromatic rings. The van der Waals surface area contributed by atoms with Crippen LogP contribution in [0.25, 0.3) is 0 Å². The van der Waals surface area contributed by atoms with E-state index < -0.39 is 0 Å². The fourth-order valence-corrected chi connectivity index (χ4v) is 0.903. The van der Waals surface area contributed by atoms with Crippen molar-refractivity contribution >= 4 is 23.0 Å². The first-order valence-corrected chi connectivity index (χ1v) is 4.36. The first-order valence-electron chi connectivity index (χ1n) is 3.48. The van der Waals surface area contributed by atoms with E-state index in [-0.39, 0.29) is 0 Å². The van der Waals surface area contributed by atoms with Crippen molar-refractivity contribution in [2.24, 2.45) is 0 Å². The molecule has 0 aromatic heterocycles. The van der Waals surface area contributed by atoms with E-state index >= 15 is 0 Å². The van der Waals surface area contributed by atoms with Gasteiger partial charge in [0.15, 0.2) is 23.0 Å². The van der Waals surface area contributed by atoms with Crippen LogP contribution in [0, 0.1) is 0 Å². The third-order valence-corrected chi connectivity index (χ3v) is 1.86. The van der Waals surface area contributed by atoms with Gasteiger partial charge in [-0.05, 0) is 25.8 Å². The Labute approximate surface area is 82.5 Å². The van der Waals surface area contributed by atoms with E-state index in [9.17, 15) is 0 Å². The minimum absolute atomic E-state index is 0.732. The molecule has 0 unspecified atom stereocenters. The van der Waals surface area contributed by atoms with Crippen molar-refractivity contribution in [2.45, 2.75) is 20.3 Å². The number of rotatable bonds is 4. The van der Waals surface area contributed by atoms with Gasteiger partial charge in [0.05, 0.1) is 0 Å². The molecule has 0 heterocycles. The van der Waals surface area contributed by atoms with E-state index in [2.05, 4.69) is 18.7 Å². The minimum atomic E-state index is 0.732. The first-order chi connectivity index (χ1) is 5.22. The van der Waals surface area contributed by atoms with Crippen LogP contribution < -0.4 is 0 Å². The average Bonchev–Trinajstić information content (AvgIpc) is 2.03. The normalized spacial score (nSPS) is 12.1. The van der Waals surface area contributed by atoms with Gasteiger partial charge in [-0.15, -0.1) is 0 Å². The van der Waals surface area contributed by atoms with Gasteiger partial charge in [-0.1, -0.05) is 24.8 Å². The molecule has 0 N–H and O–H groups in total. The smallest absolute Gasteiger partial charge is 0.192 e. The lowest BCUT2D eigenvalue weighted by molar-refractivity contribution is 0.578. The van der Waals surface area contributed by atoms with Gasteiger partial charge >= 0.3 is 0 Å². The second-order valence-corrected chi connectivity index (χ2v) is 2.63. The highest BCUT2D eigenvalue weighted by Gasteiger charge is 1.93. The summed E-state index contributed by atoms with van der Waals surface area (Å²) in [6.07, 6.45) is 7.14. The maximum Gasteiger partial charge on any atom is 0.192 e. The molecule has 62 valence electrons. The van der Waals surface area contributed by atoms with Crippen molar-refractivity contribution in [1.29, 1.82) is 0 Å². The van der Waals surface area contributed by atoms with Gasteiger partial charge in [0.25, 0.3) is 0 Å². The third-order valence-electron chi connectivity index (χ3n) is 1.33. The molecule has 0 aliphatic carbocycles. The molecule has 0 aromatic carbocycles. The lowest BCUT2D eigenvalue weighted by Crippen LogP contribution is -1.80. The van der Waals surface area contributed by atoms with Crippen LogP contribution in [0.1, 0.15) is 20.3 Å². The summed E-state index contributed by atoms with van der Waals surface area (Å²) in [5.74, 6) is 0.732. The van der Waals surface area contributed by atoms with Crippen molar-refractivity contribution in [3.63, 3.8) is 0 Å². The Morgan fingerprint density at radius 2 is 2.27 bits per heavy atom. The van der Waals surface area contributed by atoms with Crippen LogP contribution in [0.5, 0.6) is 0 Å². The van der Waals surface area contributed by atoms with Crippen molar-refractivity contribution in [3.05, 3.63) is 36.1 Å². The molecule has 0 aliphatic heterocycles. The van der Waals surface area contributed by atoms with Gasteiger partial charge in [0.2, 0.25) is 0 Å². The van der Waals surface area contributed by atoms with E-state index in [0.717, 1.165) is 17.8 Å². The Balaban J connectivity index is 3.90. The van der Waals surface area contributed by atoms with Crippen molar-refractivity contribution < 1.29 is 3.07 Å². The molecular formula is C9H13IO. The van der Waals surface area contributed by atoms with E-state index in [1.807, 2.05) is 42.9 Å². The molecule has 0 rings (SSSR count). The molecule has 0 aliphatic rings. The van der Waals surface area contributed by atoms with Crippen LogP contribution in [0.3, 0.4) is 0 Å². The highest BCUT2D eigenvalue weighted by Crippen LogP contribution is 2.12. The second kappa shape index (κ2) is 6.46. The Hall–Kier alpha value is -0.250. The van der Waals surface area contributed by atoms with Gasteiger partial charge in [0.1, 0.15) is 5.76 Å². The summed E-state index contributed by atoms with van der Waals surface area (Å²) in [6.45, 7) is 7.73. The molecular weight excluding hydrogens is 251 g/mol. The van der Waals surface area contributed by atoms with Crippen molar-refractivity contribution in [2.75, 3.05) is 0 Å². The predicted molar refractivity (Wildman–Crippen MR) is 57.4 cm³/mol. The minimum Gasteiger partial charge on any atom is -0.428 e. The van der Waals surface area contributed by atoms with E-state index in [1.54, 1.807) is 0 Å². The largest absolute Gasteiger partial charge is 0.428 e. The Morgan fingerprint density at radius 3 is 2.73 bits per heavy atom. The summed E-state index contributed by atoms with van der Waals surface area (Å²) in [5, 5.41) is 0. The van der Waals surface area contributed by atoms with Crippen molar-refractivity contribution in [3.8, 4) is 0 Å². The molecule has 1 nitrogen and oxygen atoms in total. The molecule has 0 saturated heterocycles. The fourth-order valence-electron chi connectivity index (χ4n) is 0.556. The lowest BCUT2D eigenvalue weighted by atomic mass is 10.2. The SMILES string of the molecule is C=C(OI)/C(C)=C/C/C=C/C. The van der Waals surface area contributed by atoms with Gasteiger partial charge in [-0.3, -0.25) is 0 Å². The maximum atomic E-state index is 4.93. The summed E-state index contributed by atoms with van der Waals surface area (Å²) < 4.78 is 4.93. The standard InChI is InChI=1S/C9H13IO/c1-4-5-6-7-8(2)9(3)11-10/h4-5,7H,3,6H2,1-2H3/b5-4+,8-7+. The Kier molecular flexibility index (Phi) is 6.31. The molecule has 11 heavy (non-hydrogen) atoms. The molecule has 0 saturated carbocycles. The lowest BCUT2D eigenvalue weighted by Gasteiger charge is -1.99. The number of hydrogen-bond donors (Lipinski definition) is 0. The number of hydrogen-bond acceptors (Lipinski definition) is 1. The zero-order chi connectivity index (χ0) is 8.69. The third kappa shape index (κ3) is 5.07. The average molecular weight is 264 g/mol. The topological polar surface area (TPSA) is 9.23 Å². The van der Waals surface area contributed by atoms with Gasteiger partial charge < -0.3 is 3.07 Å².